The Bertz CT molecular complexity index is 636. The normalized spacial score (nSPS) is 17.0. The lowest BCUT2D eigenvalue weighted by Crippen LogP contribution is -2.35. The lowest BCUT2D eigenvalue weighted by Gasteiger charge is -2.12. The molecule has 2 amide bonds. The summed E-state index contributed by atoms with van der Waals surface area (Å²) in [5.74, 6) is -1.58. The number of amides is 2. The van der Waals surface area contributed by atoms with Crippen LogP contribution in [0.1, 0.15) is 25.3 Å². The van der Waals surface area contributed by atoms with E-state index in [0.29, 0.717) is 13.2 Å². The van der Waals surface area contributed by atoms with Crippen LogP contribution in [0.2, 0.25) is 0 Å². The predicted molar refractivity (Wildman–Crippen MR) is 91.2 cm³/mol. The third kappa shape index (κ3) is 6.76. The van der Waals surface area contributed by atoms with Crippen molar-refractivity contribution >= 4 is 23.9 Å². The Hall–Kier alpha value is -2.67. The van der Waals surface area contributed by atoms with Crippen molar-refractivity contribution in [1.29, 1.82) is 0 Å². The summed E-state index contributed by atoms with van der Waals surface area (Å²) in [6, 6.07) is 9.02. The average molecular weight is 346 g/mol. The molecule has 0 spiro atoms. The molecule has 7 heteroatoms. The van der Waals surface area contributed by atoms with Crippen molar-refractivity contribution in [3.63, 3.8) is 0 Å². The molecule has 7 nitrogen and oxygen atoms in total. The zero-order chi connectivity index (χ0) is 18.1. The van der Waals surface area contributed by atoms with Crippen molar-refractivity contribution in [1.82, 2.24) is 10.6 Å². The van der Waals surface area contributed by atoms with Crippen molar-refractivity contribution < 1.29 is 23.9 Å². The van der Waals surface area contributed by atoms with E-state index in [1.54, 1.807) is 24.3 Å². The van der Waals surface area contributed by atoms with Crippen LogP contribution in [-0.2, 0) is 23.9 Å². The fourth-order valence-electron chi connectivity index (χ4n) is 2.34. The highest BCUT2D eigenvalue weighted by molar-refractivity contribution is 5.98. The molecule has 0 aromatic heterocycles. The van der Waals surface area contributed by atoms with Crippen LogP contribution in [0.25, 0.3) is 6.08 Å². The number of hydrogen-bond donors (Lipinski definition) is 2. The fourth-order valence-corrected chi connectivity index (χ4v) is 2.34. The molecular formula is C18H22N2O5. The number of carbonyl (C=O) groups is 3. The van der Waals surface area contributed by atoms with Gasteiger partial charge in [-0.2, -0.15) is 0 Å². The zero-order valence-corrected chi connectivity index (χ0v) is 14.1. The number of hydrogen-bond acceptors (Lipinski definition) is 5. The Labute approximate surface area is 146 Å². The molecule has 1 aromatic carbocycles. The van der Waals surface area contributed by atoms with Crippen LogP contribution < -0.4 is 10.6 Å². The lowest BCUT2D eigenvalue weighted by molar-refractivity contribution is -0.145. The van der Waals surface area contributed by atoms with E-state index in [2.05, 4.69) is 10.6 Å². The van der Waals surface area contributed by atoms with E-state index in [0.717, 1.165) is 18.4 Å². The quantitative estimate of drug-likeness (QED) is 0.567. The average Bonchev–Trinajstić information content (AvgIpc) is 3.11. The second-order valence-corrected chi connectivity index (χ2v) is 5.67. The predicted octanol–water partition coefficient (Wildman–Crippen LogP) is 1.00. The molecule has 2 rings (SSSR count). The molecule has 0 unspecified atom stereocenters. The molecule has 0 bridgehead atoms. The number of carbonyl (C=O) groups excluding carboxylic acids is 3. The molecule has 1 heterocycles. The maximum atomic E-state index is 12.1. The molecule has 2 N–H and O–H groups in total. The van der Waals surface area contributed by atoms with E-state index in [1.807, 2.05) is 6.07 Å². The molecule has 134 valence electrons. The third-order valence-electron chi connectivity index (χ3n) is 3.53. The number of rotatable bonds is 7. The van der Waals surface area contributed by atoms with Gasteiger partial charge in [0, 0.05) is 20.1 Å². The Morgan fingerprint density at radius 2 is 2.04 bits per heavy atom. The van der Waals surface area contributed by atoms with Gasteiger partial charge in [-0.3, -0.25) is 9.59 Å². The van der Waals surface area contributed by atoms with Crippen LogP contribution in [0.3, 0.4) is 0 Å². The van der Waals surface area contributed by atoms with E-state index in [1.165, 1.54) is 13.0 Å². The first-order valence-corrected chi connectivity index (χ1v) is 8.14. The van der Waals surface area contributed by atoms with E-state index >= 15 is 0 Å². The number of nitrogens with one attached hydrogen (secondary N) is 2. The van der Waals surface area contributed by atoms with Crippen molar-refractivity contribution in [2.75, 3.05) is 19.8 Å². The first kappa shape index (κ1) is 18.7. The van der Waals surface area contributed by atoms with Gasteiger partial charge in [0.05, 0.1) is 6.10 Å². The van der Waals surface area contributed by atoms with Gasteiger partial charge in [0.15, 0.2) is 6.61 Å². The van der Waals surface area contributed by atoms with Crippen LogP contribution in [0, 0.1) is 0 Å². The van der Waals surface area contributed by atoms with E-state index in [-0.39, 0.29) is 11.8 Å². The summed E-state index contributed by atoms with van der Waals surface area (Å²) < 4.78 is 10.4. The minimum atomic E-state index is -0.772. The second kappa shape index (κ2) is 9.58. The van der Waals surface area contributed by atoms with E-state index in [9.17, 15) is 14.4 Å². The minimum Gasteiger partial charge on any atom is -0.451 e. The van der Waals surface area contributed by atoms with Crippen molar-refractivity contribution in [3.8, 4) is 0 Å². The van der Waals surface area contributed by atoms with Crippen LogP contribution in [0.15, 0.2) is 36.0 Å². The lowest BCUT2D eigenvalue weighted by atomic mass is 10.2. The highest BCUT2D eigenvalue weighted by atomic mass is 16.5. The monoisotopic (exact) mass is 346 g/mol. The molecule has 1 fully saturated rings. The van der Waals surface area contributed by atoms with Crippen LogP contribution >= 0.6 is 0 Å². The Balaban J connectivity index is 1.87. The van der Waals surface area contributed by atoms with Gasteiger partial charge in [-0.25, -0.2) is 4.79 Å². The van der Waals surface area contributed by atoms with Crippen molar-refractivity contribution in [3.05, 3.63) is 41.6 Å². The molecule has 1 aliphatic heterocycles. The minimum absolute atomic E-state index is 0.0209. The summed E-state index contributed by atoms with van der Waals surface area (Å²) in [5.41, 5.74) is 0.705. The van der Waals surface area contributed by atoms with Gasteiger partial charge >= 0.3 is 5.97 Å². The van der Waals surface area contributed by atoms with E-state index in [4.69, 9.17) is 9.47 Å². The first-order valence-electron chi connectivity index (χ1n) is 8.14. The molecular weight excluding hydrogens is 324 g/mol. The smallest absolute Gasteiger partial charge is 0.355 e. The summed E-state index contributed by atoms with van der Waals surface area (Å²) in [4.78, 5) is 35.2. The summed E-state index contributed by atoms with van der Waals surface area (Å²) in [5, 5.41) is 5.09. The topological polar surface area (TPSA) is 93.7 Å². The summed E-state index contributed by atoms with van der Waals surface area (Å²) in [6.45, 7) is 1.98. The van der Waals surface area contributed by atoms with Gasteiger partial charge in [0.25, 0.3) is 5.91 Å². The maximum Gasteiger partial charge on any atom is 0.355 e. The molecule has 1 atom stereocenters. The van der Waals surface area contributed by atoms with Gasteiger partial charge in [0.1, 0.15) is 5.70 Å². The summed E-state index contributed by atoms with van der Waals surface area (Å²) in [7, 11) is 0. The van der Waals surface area contributed by atoms with Gasteiger partial charge in [-0.15, -0.1) is 0 Å². The highest BCUT2D eigenvalue weighted by Gasteiger charge is 2.18. The number of esters is 1. The number of benzene rings is 1. The maximum absolute atomic E-state index is 12.1. The SMILES string of the molecule is CC(=O)N/C(=C\c1ccccc1)C(=O)OCC(=O)NC[C@H]1CCCO1. The van der Waals surface area contributed by atoms with Crippen LogP contribution in [-0.4, -0.2) is 43.6 Å². The molecule has 1 aromatic rings. The van der Waals surface area contributed by atoms with Gasteiger partial charge < -0.3 is 20.1 Å². The Morgan fingerprint density at radius 1 is 1.28 bits per heavy atom. The van der Waals surface area contributed by atoms with Crippen molar-refractivity contribution in [2.24, 2.45) is 0 Å². The van der Waals surface area contributed by atoms with E-state index < -0.39 is 24.4 Å². The Kier molecular flexibility index (Phi) is 7.16. The van der Waals surface area contributed by atoms with Crippen LogP contribution in [0.5, 0.6) is 0 Å². The first-order chi connectivity index (χ1) is 12.0. The third-order valence-corrected chi connectivity index (χ3v) is 3.53. The summed E-state index contributed by atoms with van der Waals surface area (Å²) >= 11 is 0. The molecule has 0 saturated carbocycles. The molecule has 0 radical (unpaired) electrons. The number of ether oxygens (including phenoxy) is 2. The molecule has 1 aliphatic rings. The Morgan fingerprint density at radius 3 is 2.68 bits per heavy atom. The van der Waals surface area contributed by atoms with Gasteiger partial charge in [-0.05, 0) is 24.5 Å². The van der Waals surface area contributed by atoms with Crippen molar-refractivity contribution in [2.45, 2.75) is 25.9 Å². The molecule has 25 heavy (non-hydrogen) atoms. The zero-order valence-electron chi connectivity index (χ0n) is 14.1. The van der Waals surface area contributed by atoms with Gasteiger partial charge in [-0.1, -0.05) is 30.3 Å². The highest BCUT2D eigenvalue weighted by Crippen LogP contribution is 2.10. The fraction of sp³-hybridized carbons (Fsp3) is 0.389. The largest absolute Gasteiger partial charge is 0.451 e. The molecule has 0 aliphatic carbocycles. The van der Waals surface area contributed by atoms with Gasteiger partial charge in [0.2, 0.25) is 5.91 Å². The second-order valence-electron chi connectivity index (χ2n) is 5.67. The summed E-state index contributed by atoms with van der Waals surface area (Å²) in [6.07, 6.45) is 3.41. The standard InChI is InChI=1S/C18H22N2O5/c1-13(21)20-16(10-14-6-3-2-4-7-14)18(23)25-12-17(22)19-11-15-8-5-9-24-15/h2-4,6-7,10,15H,5,8-9,11-12H2,1H3,(H,19,22)(H,20,21)/b16-10-/t15-/m1/s1. The molecule has 1 saturated heterocycles. The van der Waals surface area contributed by atoms with Crippen LogP contribution in [0.4, 0.5) is 0 Å².